The van der Waals surface area contributed by atoms with Crippen LogP contribution in [0, 0.1) is 0 Å². The van der Waals surface area contributed by atoms with Crippen LogP contribution in [0.5, 0.6) is 0 Å². The van der Waals surface area contributed by atoms with Crippen LogP contribution in [0.15, 0.2) is 30.3 Å². The molecule has 20 heavy (non-hydrogen) atoms. The molecule has 106 valence electrons. The predicted molar refractivity (Wildman–Crippen MR) is 88.6 cm³/mol. The summed E-state index contributed by atoms with van der Waals surface area (Å²) >= 11 is 2.07. The first kappa shape index (κ1) is 13.7. The van der Waals surface area contributed by atoms with Gasteiger partial charge in [0.2, 0.25) is 0 Å². The highest BCUT2D eigenvalue weighted by molar-refractivity contribution is 8.00. The lowest BCUT2D eigenvalue weighted by Crippen LogP contribution is -2.36. The number of thioether (sulfide) groups is 1. The lowest BCUT2D eigenvalue weighted by atomic mass is 10.1. The van der Waals surface area contributed by atoms with Crippen LogP contribution in [-0.4, -0.2) is 36.1 Å². The molecule has 1 aliphatic heterocycles. The summed E-state index contributed by atoms with van der Waals surface area (Å²) in [6, 6.07) is 10.7. The zero-order valence-corrected chi connectivity index (χ0v) is 12.9. The maximum absolute atomic E-state index is 4.75. The van der Waals surface area contributed by atoms with E-state index in [2.05, 4.69) is 59.2 Å². The van der Waals surface area contributed by atoms with E-state index < -0.39 is 0 Å². The van der Waals surface area contributed by atoms with E-state index in [0.717, 1.165) is 30.8 Å². The molecule has 0 spiro atoms. The fourth-order valence-corrected chi connectivity index (χ4v) is 3.79. The highest BCUT2D eigenvalue weighted by Crippen LogP contribution is 2.30. The predicted octanol–water partition coefficient (Wildman–Crippen LogP) is 2.90. The Hall–Kier alpha value is -1.26. The number of hydrogen-bond acceptors (Lipinski definition) is 4. The fraction of sp³-hybridized carbons (Fsp3) is 0.438. The molecule has 1 aromatic heterocycles. The summed E-state index contributed by atoms with van der Waals surface area (Å²) in [6.07, 6.45) is 0. The molecule has 2 heterocycles. The molecule has 1 atom stereocenters. The van der Waals surface area contributed by atoms with Gasteiger partial charge in [0, 0.05) is 41.7 Å². The number of hydrogen-bond donors (Lipinski definition) is 1. The van der Waals surface area contributed by atoms with Crippen molar-refractivity contribution in [3.63, 3.8) is 0 Å². The normalized spacial score (nSPS) is 19.5. The minimum atomic E-state index is 0.698. The average molecular weight is 287 g/mol. The Balaban J connectivity index is 2.06. The third kappa shape index (κ3) is 2.76. The van der Waals surface area contributed by atoms with Crippen molar-refractivity contribution < 1.29 is 0 Å². The molecule has 0 saturated carbocycles. The van der Waals surface area contributed by atoms with Crippen LogP contribution in [0.4, 0.5) is 5.69 Å². The largest absolute Gasteiger partial charge is 0.369 e. The molecule has 1 fully saturated rings. The summed E-state index contributed by atoms with van der Waals surface area (Å²) in [7, 11) is 1.97. The molecular formula is C16H21N3S. The van der Waals surface area contributed by atoms with Crippen molar-refractivity contribution in [2.45, 2.75) is 18.7 Å². The van der Waals surface area contributed by atoms with E-state index in [1.807, 2.05) is 7.05 Å². The van der Waals surface area contributed by atoms with Crippen LogP contribution in [0.25, 0.3) is 10.9 Å². The number of aromatic nitrogens is 1. The lowest BCUT2D eigenvalue weighted by molar-refractivity contribution is 0.774. The van der Waals surface area contributed by atoms with Crippen LogP contribution < -0.4 is 10.2 Å². The van der Waals surface area contributed by atoms with Crippen LogP contribution in [0.3, 0.4) is 0 Å². The maximum atomic E-state index is 4.75. The highest BCUT2D eigenvalue weighted by atomic mass is 32.2. The molecule has 3 nitrogen and oxygen atoms in total. The van der Waals surface area contributed by atoms with Gasteiger partial charge in [-0.2, -0.15) is 11.8 Å². The third-order valence-corrected chi connectivity index (χ3v) is 4.82. The number of anilines is 1. The van der Waals surface area contributed by atoms with E-state index in [0.29, 0.717) is 5.25 Å². The third-order valence-electron chi connectivity index (χ3n) is 3.69. The quantitative estimate of drug-likeness (QED) is 0.939. The number of nitrogens with one attached hydrogen (secondary N) is 1. The van der Waals surface area contributed by atoms with Crippen molar-refractivity contribution in [1.29, 1.82) is 0 Å². The Morgan fingerprint density at radius 1 is 1.40 bits per heavy atom. The van der Waals surface area contributed by atoms with Crippen molar-refractivity contribution in [3.8, 4) is 0 Å². The monoisotopic (exact) mass is 287 g/mol. The van der Waals surface area contributed by atoms with Crippen molar-refractivity contribution in [2.24, 2.45) is 0 Å². The van der Waals surface area contributed by atoms with Crippen LogP contribution in [0.2, 0.25) is 0 Å². The molecule has 1 aromatic carbocycles. The Bertz CT molecular complexity index is 599. The van der Waals surface area contributed by atoms with E-state index in [1.54, 1.807) is 0 Å². The van der Waals surface area contributed by atoms with Gasteiger partial charge in [0.05, 0.1) is 11.2 Å². The zero-order valence-electron chi connectivity index (χ0n) is 12.1. The molecule has 1 N–H and O–H groups in total. The molecule has 0 bridgehead atoms. The van der Waals surface area contributed by atoms with Crippen LogP contribution in [0.1, 0.15) is 12.6 Å². The molecule has 0 aliphatic carbocycles. The lowest BCUT2D eigenvalue weighted by Gasteiger charge is -2.33. The summed E-state index contributed by atoms with van der Waals surface area (Å²) in [6.45, 7) is 5.38. The van der Waals surface area contributed by atoms with Gasteiger partial charge in [0.25, 0.3) is 0 Å². The summed E-state index contributed by atoms with van der Waals surface area (Å²) in [5.41, 5.74) is 3.56. The average Bonchev–Trinajstić information content (AvgIpc) is 2.47. The molecule has 1 unspecified atom stereocenters. The van der Waals surface area contributed by atoms with Crippen molar-refractivity contribution in [3.05, 3.63) is 36.0 Å². The number of fused-ring (bicyclic) bond motifs is 1. The van der Waals surface area contributed by atoms with Crippen molar-refractivity contribution >= 4 is 28.4 Å². The number of rotatable bonds is 3. The molecule has 0 amide bonds. The van der Waals surface area contributed by atoms with Gasteiger partial charge in [-0.25, -0.2) is 0 Å². The van der Waals surface area contributed by atoms with Gasteiger partial charge >= 0.3 is 0 Å². The molecule has 2 aromatic rings. The minimum absolute atomic E-state index is 0.698. The van der Waals surface area contributed by atoms with Gasteiger partial charge < -0.3 is 10.2 Å². The molecule has 3 rings (SSSR count). The van der Waals surface area contributed by atoms with E-state index in [4.69, 9.17) is 4.98 Å². The Morgan fingerprint density at radius 2 is 2.25 bits per heavy atom. The Labute approximate surface area is 124 Å². The van der Waals surface area contributed by atoms with E-state index in [9.17, 15) is 0 Å². The van der Waals surface area contributed by atoms with Gasteiger partial charge in [-0.1, -0.05) is 25.1 Å². The molecule has 1 saturated heterocycles. The summed E-state index contributed by atoms with van der Waals surface area (Å²) in [5.74, 6) is 1.21. The Kier molecular flexibility index (Phi) is 4.13. The van der Waals surface area contributed by atoms with Crippen molar-refractivity contribution in [2.75, 3.05) is 30.8 Å². The second kappa shape index (κ2) is 6.02. The van der Waals surface area contributed by atoms with E-state index in [-0.39, 0.29) is 0 Å². The molecular weight excluding hydrogens is 266 g/mol. The summed E-state index contributed by atoms with van der Waals surface area (Å²) in [4.78, 5) is 7.26. The smallest absolute Gasteiger partial charge is 0.0726 e. The first-order chi connectivity index (χ1) is 9.78. The van der Waals surface area contributed by atoms with Crippen molar-refractivity contribution in [1.82, 2.24) is 10.3 Å². The van der Waals surface area contributed by atoms with Gasteiger partial charge in [-0.05, 0) is 19.2 Å². The number of benzene rings is 1. The van der Waals surface area contributed by atoms with Gasteiger partial charge in [0.15, 0.2) is 0 Å². The van der Waals surface area contributed by atoms with Crippen LogP contribution >= 0.6 is 11.8 Å². The topological polar surface area (TPSA) is 28.2 Å². The first-order valence-corrected chi connectivity index (χ1v) is 8.22. The second-order valence-corrected chi connectivity index (χ2v) is 6.85. The van der Waals surface area contributed by atoms with E-state index in [1.165, 1.54) is 16.8 Å². The van der Waals surface area contributed by atoms with Crippen LogP contribution in [-0.2, 0) is 6.54 Å². The number of para-hydroxylation sites is 1. The SMILES string of the molecule is CNCc1cc(N2CCSC(C)C2)c2ccccc2n1. The standard InChI is InChI=1S/C16H21N3S/c1-12-11-19(7-8-20-12)16-9-13(10-17-2)18-15-6-4-3-5-14(15)16/h3-6,9,12,17H,7-8,10-11H2,1-2H3. The van der Waals surface area contributed by atoms with Gasteiger partial charge in [0.1, 0.15) is 0 Å². The van der Waals surface area contributed by atoms with Gasteiger partial charge in [-0.15, -0.1) is 0 Å². The van der Waals surface area contributed by atoms with E-state index >= 15 is 0 Å². The minimum Gasteiger partial charge on any atom is -0.369 e. The number of nitrogens with zero attached hydrogens (tertiary/aromatic N) is 2. The summed E-state index contributed by atoms with van der Waals surface area (Å²) in [5, 5.41) is 5.17. The molecule has 0 radical (unpaired) electrons. The van der Waals surface area contributed by atoms with Gasteiger partial charge in [-0.3, -0.25) is 4.98 Å². The highest BCUT2D eigenvalue weighted by Gasteiger charge is 2.19. The summed E-state index contributed by atoms with van der Waals surface area (Å²) < 4.78 is 0. The molecule has 4 heteroatoms. The first-order valence-electron chi connectivity index (χ1n) is 7.18. The number of pyridine rings is 1. The second-order valence-electron chi connectivity index (χ2n) is 5.31. The maximum Gasteiger partial charge on any atom is 0.0726 e. The fourth-order valence-electron chi connectivity index (χ4n) is 2.78. The molecule has 1 aliphatic rings. The Morgan fingerprint density at radius 3 is 3.05 bits per heavy atom. The zero-order chi connectivity index (χ0) is 13.9.